The Balaban J connectivity index is 2.17. The summed E-state index contributed by atoms with van der Waals surface area (Å²) in [7, 11) is 1.97. The third-order valence-electron chi connectivity index (χ3n) is 3.08. The first-order valence-corrected chi connectivity index (χ1v) is 6.56. The van der Waals surface area contributed by atoms with E-state index in [-0.39, 0.29) is 11.6 Å². The van der Waals surface area contributed by atoms with Gasteiger partial charge in [0.15, 0.2) is 0 Å². The smallest absolute Gasteiger partial charge is 0.250 e. The molecule has 0 aliphatic rings. The standard InChI is InChI=1S/C14H20N4O/c1-4-8-18-10-12(5-6-13(18)19)16-11(2)14-15-7-9-17(14)3/h5-7,9-11,16H,4,8H2,1-3H3. The van der Waals surface area contributed by atoms with Gasteiger partial charge in [0.05, 0.1) is 11.7 Å². The van der Waals surface area contributed by atoms with Crippen molar-refractivity contribution in [3.63, 3.8) is 0 Å². The van der Waals surface area contributed by atoms with Gasteiger partial charge in [0.1, 0.15) is 5.82 Å². The molecule has 0 aliphatic carbocycles. The zero-order valence-electron chi connectivity index (χ0n) is 11.6. The van der Waals surface area contributed by atoms with Gasteiger partial charge < -0.3 is 14.5 Å². The van der Waals surface area contributed by atoms with E-state index in [9.17, 15) is 4.79 Å². The molecule has 5 heteroatoms. The van der Waals surface area contributed by atoms with Crippen molar-refractivity contribution < 1.29 is 0 Å². The van der Waals surface area contributed by atoms with Crippen LogP contribution in [0.2, 0.25) is 0 Å². The van der Waals surface area contributed by atoms with Crippen molar-refractivity contribution >= 4 is 5.69 Å². The largest absolute Gasteiger partial charge is 0.374 e. The lowest BCUT2D eigenvalue weighted by Gasteiger charge is -2.16. The summed E-state index contributed by atoms with van der Waals surface area (Å²) >= 11 is 0. The summed E-state index contributed by atoms with van der Waals surface area (Å²) in [5.74, 6) is 0.966. The molecule has 0 radical (unpaired) electrons. The Hall–Kier alpha value is -2.04. The van der Waals surface area contributed by atoms with Gasteiger partial charge >= 0.3 is 0 Å². The monoisotopic (exact) mass is 260 g/mol. The predicted molar refractivity (Wildman–Crippen MR) is 76.2 cm³/mol. The van der Waals surface area contributed by atoms with Crippen molar-refractivity contribution in [2.75, 3.05) is 5.32 Å². The molecule has 2 heterocycles. The summed E-state index contributed by atoms with van der Waals surface area (Å²) in [5.41, 5.74) is 0.973. The van der Waals surface area contributed by atoms with Crippen molar-refractivity contribution in [3.8, 4) is 0 Å². The molecule has 0 fully saturated rings. The summed E-state index contributed by atoms with van der Waals surface area (Å²) in [5, 5.41) is 3.37. The Morgan fingerprint density at radius 1 is 1.42 bits per heavy atom. The van der Waals surface area contributed by atoms with E-state index >= 15 is 0 Å². The van der Waals surface area contributed by atoms with Gasteiger partial charge in [-0.2, -0.15) is 0 Å². The van der Waals surface area contributed by atoms with Crippen molar-refractivity contribution in [2.45, 2.75) is 32.9 Å². The highest BCUT2D eigenvalue weighted by molar-refractivity contribution is 5.41. The van der Waals surface area contributed by atoms with Crippen molar-refractivity contribution in [1.82, 2.24) is 14.1 Å². The normalized spacial score (nSPS) is 12.4. The molecule has 0 spiro atoms. The minimum Gasteiger partial charge on any atom is -0.374 e. The van der Waals surface area contributed by atoms with Gasteiger partial charge in [-0.15, -0.1) is 0 Å². The first-order chi connectivity index (χ1) is 9.11. The van der Waals surface area contributed by atoms with Crippen molar-refractivity contribution in [1.29, 1.82) is 0 Å². The number of hydrogen-bond acceptors (Lipinski definition) is 3. The second kappa shape index (κ2) is 5.73. The van der Waals surface area contributed by atoms with Crippen LogP contribution in [-0.4, -0.2) is 14.1 Å². The molecule has 0 saturated heterocycles. The van der Waals surface area contributed by atoms with Crippen LogP contribution in [0.25, 0.3) is 0 Å². The first kappa shape index (κ1) is 13.4. The van der Waals surface area contributed by atoms with Crippen LogP contribution in [0.15, 0.2) is 35.5 Å². The number of nitrogens with one attached hydrogen (secondary N) is 1. The van der Waals surface area contributed by atoms with Gasteiger partial charge in [-0.3, -0.25) is 4.79 Å². The van der Waals surface area contributed by atoms with Crippen LogP contribution in [-0.2, 0) is 13.6 Å². The molecule has 2 rings (SSSR count). The fraction of sp³-hybridized carbons (Fsp3) is 0.429. The quantitative estimate of drug-likeness (QED) is 0.896. The maximum Gasteiger partial charge on any atom is 0.250 e. The molecule has 102 valence electrons. The Bertz CT molecular complexity index is 599. The number of aryl methyl sites for hydroxylation is 2. The topological polar surface area (TPSA) is 51.9 Å². The number of pyridine rings is 1. The highest BCUT2D eigenvalue weighted by atomic mass is 16.1. The Kier molecular flexibility index (Phi) is 4.04. The summed E-state index contributed by atoms with van der Waals surface area (Å²) < 4.78 is 3.72. The Morgan fingerprint density at radius 2 is 2.21 bits per heavy atom. The van der Waals surface area contributed by atoms with Crippen LogP contribution >= 0.6 is 0 Å². The molecule has 5 nitrogen and oxygen atoms in total. The van der Waals surface area contributed by atoms with Gasteiger partial charge in [-0.05, 0) is 19.4 Å². The fourth-order valence-corrected chi connectivity index (χ4v) is 2.14. The number of nitrogens with zero attached hydrogens (tertiary/aromatic N) is 3. The van der Waals surface area contributed by atoms with Gasteiger partial charge in [0, 0.05) is 38.2 Å². The van der Waals surface area contributed by atoms with Crippen LogP contribution < -0.4 is 10.9 Å². The average molecular weight is 260 g/mol. The molecule has 0 bridgehead atoms. The van der Waals surface area contributed by atoms with E-state index in [1.165, 1.54) is 0 Å². The molecule has 0 saturated carbocycles. The third kappa shape index (κ3) is 3.05. The molecule has 0 amide bonds. The zero-order chi connectivity index (χ0) is 13.8. The second-order valence-electron chi connectivity index (χ2n) is 4.71. The highest BCUT2D eigenvalue weighted by Gasteiger charge is 2.10. The van der Waals surface area contributed by atoms with Crippen LogP contribution in [0, 0.1) is 0 Å². The first-order valence-electron chi connectivity index (χ1n) is 6.56. The summed E-state index contributed by atoms with van der Waals surface area (Å²) in [6, 6.07) is 3.50. The highest BCUT2D eigenvalue weighted by Crippen LogP contribution is 2.16. The molecule has 2 aromatic heterocycles. The van der Waals surface area contributed by atoms with Gasteiger partial charge in [0.25, 0.3) is 5.56 Å². The number of imidazole rings is 1. The van der Waals surface area contributed by atoms with Gasteiger partial charge in [0.2, 0.25) is 0 Å². The fourth-order valence-electron chi connectivity index (χ4n) is 2.14. The maximum absolute atomic E-state index is 11.6. The van der Waals surface area contributed by atoms with Gasteiger partial charge in [-0.1, -0.05) is 6.92 Å². The van der Waals surface area contributed by atoms with E-state index in [4.69, 9.17) is 0 Å². The molecule has 1 N–H and O–H groups in total. The average Bonchev–Trinajstić information content (AvgIpc) is 2.80. The predicted octanol–water partition coefficient (Wildman–Crippen LogP) is 2.16. The summed E-state index contributed by atoms with van der Waals surface area (Å²) in [6.07, 6.45) is 6.51. The van der Waals surface area contributed by atoms with Crippen molar-refractivity contribution in [2.24, 2.45) is 7.05 Å². The minimum absolute atomic E-state index is 0.0389. The molecule has 0 aliphatic heterocycles. The molecule has 2 aromatic rings. The lowest BCUT2D eigenvalue weighted by Crippen LogP contribution is -2.20. The SMILES string of the molecule is CCCn1cc(NC(C)c2nccn2C)ccc1=O. The summed E-state index contributed by atoms with van der Waals surface area (Å²) in [4.78, 5) is 16.0. The van der Waals surface area contributed by atoms with Crippen LogP contribution in [0.3, 0.4) is 0 Å². The third-order valence-corrected chi connectivity index (χ3v) is 3.08. The Labute approximate surface area is 112 Å². The zero-order valence-corrected chi connectivity index (χ0v) is 11.6. The van der Waals surface area contributed by atoms with E-state index in [0.29, 0.717) is 0 Å². The maximum atomic E-state index is 11.6. The van der Waals surface area contributed by atoms with E-state index in [2.05, 4.69) is 24.1 Å². The number of aromatic nitrogens is 3. The van der Waals surface area contributed by atoms with E-state index < -0.39 is 0 Å². The van der Waals surface area contributed by atoms with E-state index in [0.717, 1.165) is 24.5 Å². The van der Waals surface area contributed by atoms with Crippen molar-refractivity contribution in [3.05, 3.63) is 46.9 Å². The summed E-state index contributed by atoms with van der Waals surface area (Å²) in [6.45, 7) is 4.85. The lowest BCUT2D eigenvalue weighted by atomic mass is 10.3. The van der Waals surface area contributed by atoms with Crippen LogP contribution in [0.4, 0.5) is 5.69 Å². The molecule has 19 heavy (non-hydrogen) atoms. The second-order valence-corrected chi connectivity index (χ2v) is 4.71. The molecule has 1 atom stereocenters. The molecular formula is C14H20N4O. The Morgan fingerprint density at radius 3 is 2.84 bits per heavy atom. The number of hydrogen-bond donors (Lipinski definition) is 1. The molecular weight excluding hydrogens is 240 g/mol. The molecule has 0 aromatic carbocycles. The van der Waals surface area contributed by atoms with Crippen LogP contribution in [0.5, 0.6) is 0 Å². The lowest BCUT2D eigenvalue weighted by molar-refractivity contribution is 0.652. The van der Waals surface area contributed by atoms with Gasteiger partial charge in [-0.25, -0.2) is 4.98 Å². The molecule has 1 unspecified atom stereocenters. The van der Waals surface area contributed by atoms with E-state index in [1.54, 1.807) is 16.8 Å². The number of rotatable bonds is 5. The van der Waals surface area contributed by atoms with Crippen LogP contribution in [0.1, 0.15) is 32.1 Å². The minimum atomic E-state index is 0.0389. The van der Waals surface area contributed by atoms with E-state index in [1.807, 2.05) is 30.1 Å². The number of anilines is 1.